The van der Waals surface area contributed by atoms with Crippen LogP contribution in [-0.4, -0.2) is 58.6 Å². The highest BCUT2D eigenvalue weighted by Gasteiger charge is 2.18. The van der Waals surface area contributed by atoms with Gasteiger partial charge in [-0.05, 0) is 43.8 Å². The summed E-state index contributed by atoms with van der Waals surface area (Å²) >= 11 is 0. The van der Waals surface area contributed by atoms with Gasteiger partial charge in [0.15, 0.2) is 11.6 Å². The molecule has 3 N–H and O–H groups in total. The smallest absolute Gasteiger partial charge is 0.250 e. The summed E-state index contributed by atoms with van der Waals surface area (Å²) in [4.78, 5) is 25.1. The molecule has 0 unspecified atom stereocenters. The molecule has 0 radical (unpaired) electrons. The van der Waals surface area contributed by atoms with E-state index < -0.39 is 11.7 Å². The number of aryl methyl sites for hydroxylation is 1. The van der Waals surface area contributed by atoms with Crippen molar-refractivity contribution in [3.63, 3.8) is 0 Å². The van der Waals surface area contributed by atoms with Crippen molar-refractivity contribution in [2.24, 2.45) is 5.73 Å². The molecule has 3 heterocycles. The maximum absolute atomic E-state index is 14.8. The van der Waals surface area contributed by atoms with E-state index in [0.717, 1.165) is 43.6 Å². The van der Waals surface area contributed by atoms with Gasteiger partial charge in [-0.3, -0.25) is 9.36 Å². The predicted molar refractivity (Wildman–Crippen MR) is 132 cm³/mol. The van der Waals surface area contributed by atoms with Gasteiger partial charge in [0.05, 0.1) is 17.3 Å². The fraction of sp³-hybridized carbons (Fsp3) is 0.240. The minimum absolute atomic E-state index is 0.0342. The number of aromatic nitrogens is 3. The fourth-order valence-corrected chi connectivity index (χ4v) is 4.40. The van der Waals surface area contributed by atoms with Crippen molar-refractivity contribution in [1.82, 2.24) is 19.4 Å². The number of primary amides is 1. The van der Waals surface area contributed by atoms with Crippen LogP contribution in [-0.2, 0) is 0 Å². The third-order valence-electron chi connectivity index (χ3n) is 6.23. The predicted octanol–water partition coefficient (Wildman–Crippen LogP) is 3.46. The molecule has 0 spiro atoms. The normalized spacial score (nSPS) is 14.5. The molecule has 1 aliphatic rings. The lowest BCUT2D eigenvalue weighted by Gasteiger charge is -2.35. The van der Waals surface area contributed by atoms with Crippen LogP contribution in [0.3, 0.4) is 0 Å². The summed E-state index contributed by atoms with van der Waals surface area (Å²) in [6.45, 7) is 6.14. The van der Waals surface area contributed by atoms with Crippen LogP contribution in [0, 0.1) is 12.7 Å². The van der Waals surface area contributed by atoms with Gasteiger partial charge in [0.2, 0.25) is 5.95 Å². The Bertz CT molecular complexity index is 1380. The van der Waals surface area contributed by atoms with Crippen LogP contribution in [0.5, 0.6) is 0 Å². The van der Waals surface area contributed by atoms with E-state index in [1.165, 1.54) is 16.5 Å². The number of fused-ring (bicyclic) bond motifs is 1. The second-order valence-corrected chi connectivity index (χ2v) is 8.58. The number of halogens is 1. The molecule has 1 saturated heterocycles. The van der Waals surface area contributed by atoms with Crippen molar-refractivity contribution in [2.45, 2.75) is 6.92 Å². The molecule has 1 fully saturated rings. The number of carbonyl (C=O) groups excluding carboxylic acids is 1. The second-order valence-electron chi connectivity index (χ2n) is 8.58. The zero-order valence-electron chi connectivity index (χ0n) is 19.1. The molecule has 0 atom stereocenters. The Morgan fingerprint density at radius 2 is 1.88 bits per heavy atom. The quantitative estimate of drug-likeness (QED) is 0.475. The first-order valence-electron chi connectivity index (χ1n) is 11.1. The number of benzene rings is 2. The first-order chi connectivity index (χ1) is 16.4. The molecule has 8 nitrogen and oxygen atoms in total. The van der Waals surface area contributed by atoms with E-state index in [1.807, 2.05) is 18.2 Å². The summed E-state index contributed by atoms with van der Waals surface area (Å²) in [6.07, 6.45) is 2.63. The molecule has 174 valence electrons. The minimum atomic E-state index is -0.607. The van der Waals surface area contributed by atoms with Crippen LogP contribution in [0.4, 0.5) is 21.7 Å². The minimum Gasteiger partial charge on any atom is -0.369 e. The standard InChI is InChI=1S/C25H26FN7O/c1-16-13-17(7-8-21(16)32-11-9-31(2)10-12-32)29-25-28-14-20(26)24(30-25)33-15-19(23(27)34)18-5-3-4-6-22(18)33/h3-8,13-15H,9-12H2,1-2H3,(H2,27,34)(H,28,29,30). The SMILES string of the molecule is Cc1cc(Nc2ncc(F)c(-n3cc(C(N)=O)c4ccccc43)n2)ccc1N1CCN(C)CC1. The highest BCUT2D eigenvalue weighted by Crippen LogP contribution is 2.28. The number of piperazine rings is 1. The van der Waals surface area contributed by atoms with E-state index in [4.69, 9.17) is 5.73 Å². The lowest BCUT2D eigenvalue weighted by atomic mass is 10.1. The van der Waals surface area contributed by atoms with Crippen molar-refractivity contribution in [3.8, 4) is 5.82 Å². The van der Waals surface area contributed by atoms with E-state index in [9.17, 15) is 9.18 Å². The Morgan fingerprint density at radius 1 is 1.12 bits per heavy atom. The van der Waals surface area contributed by atoms with Crippen LogP contribution in [0.2, 0.25) is 0 Å². The third-order valence-corrected chi connectivity index (χ3v) is 6.23. The number of para-hydroxylation sites is 1. The van der Waals surface area contributed by atoms with Crippen LogP contribution in [0.15, 0.2) is 54.9 Å². The Kier molecular flexibility index (Phi) is 5.62. The van der Waals surface area contributed by atoms with E-state index in [0.29, 0.717) is 16.5 Å². The zero-order chi connectivity index (χ0) is 23.8. The second kappa shape index (κ2) is 8.75. The highest BCUT2D eigenvalue weighted by molar-refractivity contribution is 6.06. The van der Waals surface area contributed by atoms with Crippen LogP contribution >= 0.6 is 0 Å². The molecular weight excluding hydrogens is 433 g/mol. The van der Waals surface area contributed by atoms with Gasteiger partial charge in [0, 0.05) is 49.1 Å². The Labute approximate surface area is 196 Å². The molecule has 2 aromatic heterocycles. The number of hydrogen-bond donors (Lipinski definition) is 2. The van der Waals surface area contributed by atoms with Crippen LogP contribution in [0.1, 0.15) is 15.9 Å². The van der Waals surface area contributed by atoms with Gasteiger partial charge in [0.25, 0.3) is 5.91 Å². The number of amides is 1. The number of nitrogens with zero attached hydrogens (tertiary/aromatic N) is 5. The van der Waals surface area contributed by atoms with E-state index in [1.54, 1.807) is 18.2 Å². The summed E-state index contributed by atoms with van der Waals surface area (Å²) < 4.78 is 16.3. The fourth-order valence-electron chi connectivity index (χ4n) is 4.40. The monoisotopic (exact) mass is 459 g/mol. The first kappa shape index (κ1) is 21.8. The van der Waals surface area contributed by atoms with Crippen molar-refractivity contribution in [2.75, 3.05) is 43.4 Å². The molecule has 9 heteroatoms. The molecule has 0 saturated carbocycles. The number of anilines is 3. The Morgan fingerprint density at radius 3 is 2.62 bits per heavy atom. The van der Waals surface area contributed by atoms with Gasteiger partial charge < -0.3 is 20.9 Å². The molecule has 5 rings (SSSR count). The largest absolute Gasteiger partial charge is 0.369 e. The highest BCUT2D eigenvalue weighted by atomic mass is 19.1. The summed E-state index contributed by atoms with van der Waals surface area (Å²) in [6, 6.07) is 13.3. The van der Waals surface area contributed by atoms with E-state index in [2.05, 4.69) is 45.1 Å². The van der Waals surface area contributed by atoms with Gasteiger partial charge >= 0.3 is 0 Å². The topological polar surface area (TPSA) is 92.3 Å². The van der Waals surface area contributed by atoms with Gasteiger partial charge in [0.1, 0.15) is 0 Å². The molecule has 1 aliphatic heterocycles. The number of rotatable bonds is 5. The number of hydrogen-bond acceptors (Lipinski definition) is 6. The molecule has 1 amide bonds. The summed E-state index contributed by atoms with van der Waals surface area (Å²) in [5, 5.41) is 3.81. The number of carbonyl (C=O) groups is 1. The number of nitrogens with two attached hydrogens (primary N) is 1. The summed E-state index contributed by atoms with van der Waals surface area (Å²) in [7, 11) is 2.14. The number of nitrogens with one attached hydrogen (secondary N) is 1. The average Bonchev–Trinajstić information content (AvgIpc) is 3.21. The van der Waals surface area contributed by atoms with Crippen molar-refractivity contribution < 1.29 is 9.18 Å². The van der Waals surface area contributed by atoms with Crippen LogP contribution in [0.25, 0.3) is 16.7 Å². The maximum atomic E-state index is 14.8. The molecular formula is C25H26FN7O. The molecule has 34 heavy (non-hydrogen) atoms. The Balaban J connectivity index is 1.45. The number of likely N-dealkylation sites (N-methyl/N-ethyl adjacent to an activating group) is 1. The van der Waals surface area contributed by atoms with Crippen LogP contribution < -0.4 is 16.0 Å². The van der Waals surface area contributed by atoms with E-state index >= 15 is 0 Å². The van der Waals surface area contributed by atoms with Crippen molar-refractivity contribution >= 4 is 34.1 Å². The van der Waals surface area contributed by atoms with Crippen molar-refractivity contribution in [1.29, 1.82) is 0 Å². The lowest BCUT2D eigenvalue weighted by Crippen LogP contribution is -2.44. The van der Waals surface area contributed by atoms with E-state index in [-0.39, 0.29) is 11.8 Å². The van der Waals surface area contributed by atoms with Gasteiger partial charge in [-0.1, -0.05) is 18.2 Å². The molecule has 0 aliphatic carbocycles. The maximum Gasteiger partial charge on any atom is 0.250 e. The zero-order valence-corrected chi connectivity index (χ0v) is 19.1. The van der Waals surface area contributed by atoms with Gasteiger partial charge in [-0.25, -0.2) is 9.37 Å². The average molecular weight is 460 g/mol. The third kappa shape index (κ3) is 4.06. The molecule has 2 aromatic carbocycles. The molecule has 4 aromatic rings. The molecule has 0 bridgehead atoms. The summed E-state index contributed by atoms with van der Waals surface area (Å²) in [5.74, 6) is -0.906. The van der Waals surface area contributed by atoms with Crippen molar-refractivity contribution in [3.05, 3.63) is 71.8 Å². The summed E-state index contributed by atoms with van der Waals surface area (Å²) in [5.41, 5.74) is 9.62. The van der Waals surface area contributed by atoms with Gasteiger partial charge in [-0.15, -0.1) is 0 Å². The van der Waals surface area contributed by atoms with Gasteiger partial charge in [-0.2, -0.15) is 4.98 Å². The first-order valence-corrected chi connectivity index (χ1v) is 11.1. The Hall–Kier alpha value is -3.98. The lowest BCUT2D eigenvalue weighted by molar-refractivity contribution is 0.100.